The maximum Gasteiger partial charge on any atom is 0.158 e. The van der Waals surface area contributed by atoms with Crippen LogP contribution in [0.25, 0.3) is 0 Å². The van der Waals surface area contributed by atoms with Crippen LogP contribution in [0.3, 0.4) is 0 Å². The van der Waals surface area contributed by atoms with Crippen molar-refractivity contribution in [3.63, 3.8) is 0 Å². The molecule has 1 aromatic heterocycles. The van der Waals surface area contributed by atoms with Crippen molar-refractivity contribution < 1.29 is 4.74 Å². The number of nitrogens with one attached hydrogen (secondary N) is 1. The number of hydrogen-bond donors (Lipinski definition) is 1. The third-order valence-corrected chi connectivity index (χ3v) is 2.73. The molecule has 0 aliphatic carbocycles. The zero-order valence-electron chi connectivity index (χ0n) is 8.87. The highest BCUT2D eigenvalue weighted by Crippen LogP contribution is 2.17. The van der Waals surface area contributed by atoms with Gasteiger partial charge in [-0.05, 0) is 13.8 Å². The molecule has 5 heteroatoms. The molecule has 2 heterocycles. The Kier molecular flexibility index (Phi) is 2.28. The van der Waals surface area contributed by atoms with Crippen molar-refractivity contribution in [3.05, 3.63) is 11.6 Å². The summed E-state index contributed by atoms with van der Waals surface area (Å²) >= 11 is 0. The second kappa shape index (κ2) is 3.33. The molecular formula is C9H16N4O. The maximum absolute atomic E-state index is 5.76. The Hall–Kier alpha value is -0.940. The van der Waals surface area contributed by atoms with Gasteiger partial charge in [-0.1, -0.05) is 0 Å². The van der Waals surface area contributed by atoms with Crippen LogP contribution in [0.5, 0.6) is 0 Å². The first kappa shape index (κ1) is 9.61. The predicted molar refractivity (Wildman–Crippen MR) is 51.8 cm³/mol. The largest absolute Gasteiger partial charge is 0.365 e. The van der Waals surface area contributed by atoms with Crippen molar-refractivity contribution in [1.82, 2.24) is 20.1 Å². The maximum atomic E-state index is 5.76. The minimum Gasteiger partial charge on any atom is -0.365 e. The van der Waals surface area contributed by atoms with E-state index >= 15 is 0 Å². The quantitative estimate of drug-likeness (QED) is 0.739. The van der Waals surface area contributed by atoms with Crippen molar-refractivity contribution >= 4 is 0 Å². The van der Waals surface area contributed by atoms with Gasteiger partial charge in [-0.25, -0.2) is 0 Å². The molecule has 1 saturated heterocycles. The molecule has 0 bridgehead atoms. The van der Waals surface area contributed by atoms with Crippen LogP contribution < -0.4 is 5.32 Å². The fraction of sp³-hybridized carbons (Fsp3) is 0.778. The highest BCUT2D eigenvalue weighted by Gasteiger charge is 2.32. The van der Waals surface area contributed by atoms with Gasteiger partial charge in [0.15, 0.2) is 5.82 Å². The van der Waals surface area contributed by atoms with E-state index in [1.807, 2.05) is 18.5 Å². The zero-order valence-corrected chi connectivity index (χ0v) is 8.87. The molecule has 1 aliphatic rings. The Bertz CT molecular complexity index is 330. The van der Waals surface area contributed by atoms with Crippen molar-refractivity contribution in [2.75, 3.05) is 13.1 Å². The molecule has 1 aromatic rings. The molecule has 1 fully saturated rings. The molecule has 0 amide bonds. The summed E-state index contributed by atoms with van der Waals surface area (Å²) in [5, 5.41) is 11.2. The van der Waals surface area contributed by atoms with Crippen LogP contribution in [-0.2, 0) is 18.4 Å². The second-order valence-electron chi connectivity index (χ2n) is 4.06. The molecule has 1 N–H and O–H groups in total. The topological polar surface area (TPSA) is 52.0 Å². The minimum atomic E-state index is -0.0140. The van der Waals surface area contributed by atoms with E-state index in [9.17, 15) is 0 Å². The van der Waals surface area contributed by atoms with Crippen molar-refractivity contribution in [1.29, 1.82) is 0 Å². The summed E-state index contributed by atoms with van der Waals surface area (Å²) in [6.07, 6.45) is 0. The summed E-state index contributed by atoms with van der Waals surface area (Å²) in [4.78, 5) is 0. The second-order valence-corrected chi connectivity index (χ2v) is 4.06. The van der Waals surface area contributed by atoms with Crippen LogP contribution in [0.15, 0.2) is 0 Å². The molecule has 5 nitrogen and oxygen atoms in total. The van der Waals surface area contributed by atoms with Gasteiger partial charge in [-0.15, -0.1) is 10.2 Å². The molecule has 1 aliphatic heterocycles. The highest BCUT2D eigenvalue weighted by atomic mass is 16.5. The number of ether oxygens (including phenoxy) is 1. The molecule has 78 valence electrons. The third kappa shape index (κ3) is 1.65. The van der Waals surface area contributed by atoms with Crippen LogP contribution in [0.2, 0.25) is 0 Å². The number of nitrogens with zero attached hydrogens (tertiary/aromatic N) is 3. The molecule has 0 unspecified atom stereocenters. The first-order chi connectivity index (χ1) is 6.61. The van der Waals surface area contributed by atoms with Crippen molar-refractivity contribution in [3.8, 4) is 0 Å². The van der Waals surface area contributed by atoms with Gasteiger partial charge in [-0.2, -0.15) is 0 Å². The lowest BCUT2D eigenvalue weighted by Gasteiger charge is -2.38. The summed E-state index contributed by atoms with van der Waals surface area (Å²) in [5.74, 6) is 1.80. The SMILES string of the molecule is Cc1nnc(COC2(C)CNC2)n1C. The highest BCUT2D eigenvalue weighted by molar-refractivity contribution is 4.94. The van der Waals surface area contributed by atoms with Gasteiger partial charge in [0.05, 0.1) is 5.60 Å². The van der Waals surface area contributed by atoms with E-state index < -0.39 is 0 Å². The van der Waals surface area contributed by atoms with Crippen LogP contribution in [0, 0.1) is 6.92 Å². The summed E-state index contributed by atoms with van der Waals surface area (Å²) in [5.41, 5.74) is -0.0140. The normalized spacial score (nSPS) is 19.4. The van der Waals surface area contributed by atoms with E-state index in [0.29, 0.717) is 6.61 Å². The minimum absolute atomic E-state index is 0.0140. The zero-order chi connectivity index (χ0) is 10.2. The molecular weight excluding hydrogens is 180 g/mol. The number of rotatable bonds is 3. The van der Waals surface area contributed by atoms with Crippen molar-refractivity contribution in [2.45, 2.75) is 26.1 Å². The Morgan fingerprint density at radius 1 is 1.50 bits per heavy atom. The van der Waals surface area contributed by atoms with Gasteiger partial charge in [0.2, 0.25) is 0 Å². The van der Waals surface area contributed by atoms with E-state index in [2.05, 4.69) is 22.4 Å². The van der Waals surface area contributed by atoms with Crippen LogP contribution in [-0.4, -0.2) is 33.5 Å². The number of hydrogen-bond acceptors (Lipinski definition) is 4. The first-order valence-electron chi connectivity index (χ1n) is 4.80. The van der Waals surface area contributed by atoms with E-state index in [1.165, 1.54) is 0 Å². The Labute approximate surface area is 83.5 Å². The van der Waals surface area contributed by atoms with Crippen LogP contribution >= 0.6 is 0 Å². The lowest BCUT2D eigenvalue weighted by Crippen LogP contribution is -2.58. The van der Waals surface area contributed by atoms with Gasteiger partial charge in [0.25, 0.3) is 0 Å². The first-order valence-corrected chi connectivity index (χ1v) is 4.80. The summed E-state index contributed by atoms with van der Waals surface area (Å²) < 4.78 is 7.71. The van der Waals surface area contributed by atoms with E-state index in [0.717, 1.165) is 24.7 Å². The molecule has 0 saturated carbocycles. The average molecular weight is 196 g/mol. The molecule has 0 atom stereocenters. The van der Waals surface area contributed by atoms with E-state index in [1.54, 1.807) is 0 Å². The molecule has 2 rings (SSSR count). The van der Waals surface area contributed by atoms with Crippen LogP contribution in [0.1, 0.15) is 18.6 Å². The Morgan fingerprint density at radius 2 is 2.21 bits per heavy atom. The fourth-order valence-corrected chi connectivity index (χ4v) is 1.39. The standard InChI is InChI=1S/C9H16N4O/c1-7-11-12-8(13(7)3)4-14-9(2)5-10-6-9/h10H,4-6H2,1-3H3. The Morgan fingerprint density at radius 3 is 2.64 bits per heavy atom. The van der Waals surface area contributed by atoms with Crippen molar-refractivity contribution in [2.24, 2.45) is 7.05 Å². The molecule has 0 aromatic carbocycles. The molecule has 0 radical (unpaired) electrons. The smallest absolute Gasteiger partial charge is 0.158 e. The van der Waals surface area contributed by atoms with Gasteiger partial charge in [-0.3, -0.25) is 0 Å². The number of aryl methyl sites for hydroxylation is 1. The predicted octanol–water partition coefficient (Wildman–Crippen LogP) is 0.00202. The Balaban J connectivity index is 1.94. The molecule has 0 spiro atoms. The van der Waals surface area contributed by atoms with Gasteiger partial charge in [0, 0.05) is 20.1 Å². The third-order valence-electron chi connectivity index (χ3n) is 2.73. The van der Waals surface area contributed by atoms with Gasteiger partial charge < -0.3 is 14.6 Å². The summed E-state index contributed by atoms with van der Waals surface area (Å²) in [7, 11) is 1.95. The summed E-state index contributed by atoms with van der Waals surface area (Å²) in [6.45, 7) is 6.42. The summed E-state index contributed by atoms with van der Waals surface area (Å²) in [6, 6.07) is 0. The fourth-order valence-electron chi connectivity index (χ4n) is 1.39. The lowest BCUT2D eigenvalue weighted by molar-refractivity contribution is -0.0796. The van der Waals surface area contributed by atoms with E-state index in [4.69, 9.17) is 4.74 Å². The van der Waals surface area contributed by atoms with Gasteiger partial charge >= 0.3 is 0 Å². The molecule has 14 heavy (non-hydrogen) atoms. The monoisotopic (exact) mass is 196 g/mol. The number of aromatic nitrogens is 3. The van der Waals surface area contributed by atoms with Crippen LogP contribution in [0.4, 0.5) is 0 Å². The average Bonchev–Trinajstić information content (AvgIpc) is 2.42. The van der Waals surface area contributed by atoms with Gasteiger partial charge in [0.1, 0.15) is 12.4 Å². The lowest BCUT2D eigenvalue weighted by atomic mass is 10.0. The van der Waals surface area contributed by atoms with E-state index in [-0.39, 0.29) is 5.60 Å².